The van der Waals surface area contributed by atoms with E-state index in [1.165, 1.54) is 5.56 Å². The summed E-state index contributed by atoms with van der Waals surface area (Å²) in [6.45, 7) is 4.35. The van der Waals surface area contributed by atoms with Gasteiger partial charge in [0.2, 0.25) is 0 Å². The maximum absolute atomic E-state index is 10.8. The molecule has 0 spiro atoms. The zero-order chi connectivity index (χ0) is 12.4. The van der Waals surface area contributed by atoms with Crippen LogP contribution in [0.5, 0.6) is 0 Å². The Bertz CT molecular complexity index is 416. The van der Waals surface area contributed by atoms with Crippen LogP contribution in [-0.4, -0.2) is 29.1 Å². The van der Waals surface area contributed by atoms with Crippen molar-refractivity contribution in [2.24, 2.45) is 11.8 Å². The highest BCUT2D eigenvalue weighted by Gasteiger charge is 2.34. The summed E-state index contributed by atoms with van der Waals surface area (Å²) in [5, 5.41) is 9.64. The molecule has 1 aromatic carbocycles. The lowest BCUT2D eigenvalue weighted by Crippen LogP contribution is -2.50. The van der Waals surface area contributed by atoms with Crippen LogP contribution in [0.25, 0.3) is 0 Å². The summed E-state index contributed by atoms with van der Waals surface area (Å²) in [6.07, 6.45) is 0. The van der Waals surface area contributed by atoms with Crippen LogP contribution in [0.1, 0.15) is 12.5 Å². The molecule has 0 saturated carbocycles. The normalized spacial score (nSPS) is 18.7. The maximum atomic E-state index is 10.8. The molecule has 0 aromatic heterocycles. The number of halogens is 1. The van der Waals surface area contributed by atoms with Crippen LogP contribution in [-0.2, 0) is 11.3 Å². The van der Waals surface area contributed by atoms with Crippen molar-refractivity contribution >= 4 is 17.6 Å². The molecule has 1 heterocycles. The van der Waals surface area contributed by atoms with Gasteiger partial charge in [0.05, 0.1) is 5.92 Å². The number of benzene rings is 1. The van der Waals surface area contributed by atoms with Crippen molar-refractivity contribution in [3.63, 3.8) is 0 Å². The van der Waals surface area contributed by atoms with E-state index in [9.17, 15) is 4.79 Å². The van der Waals surface area contributed by atoms with Crippen molar-refractivity contribution in [3.8, 4) is 0 Å². The van der Waals surface area contributed by atoms with E-state index >= 15 is 0 Å². The first-order chi connectivity index (χ1) is 8.06. The summed E-state index contributed by atoms with van der Waals surface area (Å²) in [5.74, 6) is -0.658. The monoisotopic (exact) mass is 253 g/mol. The molecule has 92 valence electrons. The standard InChI is InChI=1S/C13H16ClNO2/c1-9(13(16)17)11-7-15(8-11)6-10-3-2-4-12(14)5-10/h2-5,9,11H,6-8H2,1H3,(H,16,17). The van der Waals surface area contributed by atoms with Gasteiger partial charge in [-0.1, -0.05) is 30.7 Å². The molecule has 1 atom stereocenters. The Kier molecular flexibility index (Phi) is 3.69. The number of carboxylic acid groups (broad SMARTS) is 1. The number of nitrogens with zero attached hydrogens (tertiary/aromatic N) is 1. The molecular formula is C13H16ClNO2. The van der Waals surface area contributed by atoms with Gasteiger partial charge in [0.1, 0.15) is 0 Å². The minimum atomic E-state index is -0.697. The number of carbonyl (C=O) groups is 1. The number of carboxylic acids is 1. The molecule has 1 aliphatic heterocycles. The molecule has 0 radical (unpaired) electrons. The molecule has 2 rings (SSSR count). The van der Waals surface area contributed by atoms with Gasteiger partial charge >= 0.3 is 5.97 Å². The second kappa shape index (κ2) is 5.07. The van der Waals surface area contributed by atoms with Crippen LogP contribution in [0.15, 0.2) is 24.3 Å². The Morgan fingerprint density at radius 3 is 2.88 bits per heavy atom. The van der Waals surface area contributed by atoms with E-state index in [1.54, 1.807) is 6.92 Å². The molecule has 4 heteroatoms. The summed E-state index contributed by atoms with van der Waals surface area (Å²) < 4.78 is 0. The van der Waals surface area contributed by atoms with Gasteiger partial charge in [0.15, 0.2) is 0 Å². The Morgan fingerprint density at radius 2 is 2.29 bits per heavy atom. The van der Waals surface area contributed by atoms with E-state index < -0.39 is 5.97 Å². The minimum absolute atomic E-state index is 0.245. The number of rotatable bonds is 4. The zero-order valence-corrected chi connectivity index (χ0v) is 10.5. The van der Waals surface area contributed by atoms with E-state index in [2.05, 4.69) is 4.90 Å². The molecule has 1 unspecified atom stereocenters. The summed E-state index contributed by atoms with van der Waals surface area (Å²) in [5.41, 5.74) is 1.18. The van der Waals surface area contributed by atoms with Gasteiger partial charge in [0, 0.05) is 24.7 Å². The van der Waals surface area contributed by atoms with Gasteiger partial charge in [-0.15, -0.1) is 0 Å². The molecule has 1 N–H and O–H groups in total. The molecule has 1 fully saturated rings. The van der Waals surface area contributed by atoms with Crippen LogP contribution < -0.4 is 0 Å². The van der Waals surface area contributed by atoms with E-state index in [0.717, 1.165) is 24.7 Å². The summed E-state index contributed by atoms with van der Waals surface area (Å²) in [7, 11) is 0. The first-order valence-electron chi connectivity index (χ1n) is 5.76. The molecule has 1 aliphatic rings. The predicted molar refractivity (Wildman–Crippen MR) is 67.0 cm³/mol. The van der Waals surface area contributed by atoms with E-state index in [-0.39, 0.29) is 11.8 Å². The van der Waals surface area contributed by atoms with Crippen molar-refractivity contribution in [2.75, 3.05) is 13.1 Å². The largest absolute Gasteiger partial charge is 0.481 e. The van der Waals surface area contributed by atoms with Crippen LogP contribution in [0.2, 0.25) is 5.02 Å². The minimum Gasteiger partial charge on any atom is -0.481 e. The SMILES string of the molecule is CC(C(=O)O)C1CN(Cc2cccc(Cl)c2)C1. The number of hydrogen-bond donors (Lipinski definition) is 1. The fourth-order valence-corrected chi connectivity index (χ4v) is 2.36. The number of aliphatic carboxylic acids is 1. The van der Waals surface area contributed by atoms with Gasteiger partial charge in [-0.2, -0.15) is 0 Å². The zero-order valence-electron chi connectivity index (χ0n) is 9.77. The Labute approximate surface area is 106 Å². The van der Waals surface area contributed by atoms with Crippen LogP contribution >= 0.6 is 11.6 Å². The summed E-state index contributed by atoms with van der Waals surface area (Å²) in [4.78, 5) is 13.1. The predicted octanol–water partition coefficient (Wildman–Crippen LogP) is 2.49. The molecule has 0 amide bonds. The molecule has 1 saturated heterocycles. The van der Waals surface area contributed by atoms with E-state index in [1.807, 2.05) is 24.3 Å². The summed E-state index contributed by atoms with van der Waals surface area (Å²) in [6, 6.07) is 7.79. The highest BCUT2D eigenvalue weighted by molar-refractivity contribution is 6.30. The van der Waals surface area contributed by atoms with Crippen LogP contribution in [0.3, 0.4) is 0 Å². The Morgan fingerprint density at radius 1 is 1.59 bits per heavy atom. The smallest absolute Gasteiger partial charge is 0.306 e. The molecular weight excluding hydrogens is 238 g/mol. The van der Waals surface area contributed by atoms with Crippen molar-refractivity contribution < 1.29 is 9.90 Å². The lowest BCUT2D eigenvalue weighted by Gasteiger charge is -2.41. The Hall–Kier alpha value is -1.06. The quantitative estimate of drug-likeness (QED) is 0.896. The van der Waals surface area contributed by atoms with Crippen LogP contribution in [0.4, 0.5) is 0 Å². The molecule has 3 nitrogen and oxygen atoms in total. The van der Waals surface area contributed by atoms with Gasteiger partial charge < -0.3 is 5.11 Å². The average Bonchev–Trinajstić information content (AvgIpc) is 2.22. The second-order valence-electron chi connectivity index (χ2n) is 4.71. The van der Waals surface area contributed by atoms with Crippen LogP contribution in [0, 0.1) is 11.8 Å². The first kappa shape index (κ1) is 12.4. The number of hydrogen-bond acceptors (Lipinski definition) is 2. The highest BCUT2D eigenvalue weighted by Crippen LogP contribution is 2.26. The molecule has 0 aliphatic carbocycles. The van der Waals surface area contributed by atoms with Crippen molar-refractivity contribution in [2.45, 2.75) is 13.5 Å². The molecule has 1 aromatic rings. The maximum Gasteiger partial charge on any atom is 0.306 e. The highest BCUT2D eigenvalue weighted by atomic mass is 35.5. The second-order valence-corrected chi connectivity index (χ2v) is 5.15. The van der Waals surface area contributed by atoms with Gasteiger partial charge in [0.25, 0.3) is 0 Å². The third-order valence-corrected chi connectivity index (χ3v) is 3.61. The fraction of sp³-hybridized carbons (Fsp3) is 0.462. The third-order valence-electron chi connectivity index (χ3n) is 3.38. The van der Waals surface area contributed by atoms with Crippen molar-refractivity contribution in [1.29, 1.82) is 0 Å². The van der Waals surface area contributed by atoms with Crippen molar-refractivity contribution in [3.05, 3.63) is 34.9 Å². The lowest BCUT2D eigenvalue weighted by atomic mass is 9.87. The van der Waals surface area contributed by atoms with Gasteiger partial charge in [-0.25, -0.2) is 0 Å². The van der Waals surface area contributed by atoms with E-state index in [4.69, 9.17) is 16.7 Å². The fourth-order valence-electron chi connectivity index (χ4n) is 2.15. The third kappa shape index (κ3) is 2.99. The van der Waals surface area contributed by atoms with Gasteiger partial charge in [-0.05, 0) is 23.6 Å². The molecule has 0 bridgehead atoms. The number of likely N-dealkylation sites (tertiary alicyclic amines) is 1. The first-order valence-corrected chi connectivity index (χ1v) is 6.13. The van der Waals surface area contributed by atoms with E-state index in [0.29, 0.717) is 0 Å². The summed E-state index contributed by atoms with van der Waals surface area (Å²) >= 11 is 5.91. The lowest BCUT2D eigenvalue weighted by molar-refractivity contribution is -0.145. The van der Waals surface area contributed by atoms with Crippen molar-refractivity contribution in [1.82, 2.24) is 4.90 Å². The average molecular weight is 254 g/mol. The topological polar surface area (TPSA) is 40.5 Å². The van der Waals surface area contributed by atoms with Gasteiger partial charge in [-0.3, -0.25) is 9.69 Å². The molecule has 17 heavy (non-hydrogen) atoms. The Balaban J connectivity index is 1.83.